The lowest BCUT2D eigenvalue weighted by Crippen LogP contribution is -2.11. The summed E-state index contributed by atoms with van der Waals surface area (Å²) < 4.78 is 0. The van der Waals surface area contributed by atoms with Gasteiger partial charge in [0.15, 0.2) is 0 Å². The lowest BCUT2D eigenvalue weighted by atomic mass is 9.96. The molecule has 0 aliphatic rings. The van der Waals surface area contributed by atoms with Crippen LogP contribution in [0.4, 0.5) is 0 Å². The summed E-state index contributed by atoms with van der Waals surface area (Å²) in [6.45, 7) is 9.26. The molecule has 0 saturated heterocycles. The molecule has 0 aromatic heterocycles. The van der Waals surface area contributed by atoms with Crippen LogP contribution >= 0.6 is 11.8 Å². The maximum atomic E-state index is 2.35. The van der Waals surface area contributed by atoms with E-state index in [-0.39, 0.29) is 0 Å². The van der Waals surface area contributed by atoms with Crippen LogP contribution in [0.5, 0.6) is 0 Å². The van der Waals surface area contributed by atoms with Crippen molar-refractivity contribution < 1.29 is 0 Å². The van der Waals surface area contributed by atoms with Crippen molar-refractivity contribution in [1.29, 1.82) is 0 Å². The number of hydrogen-bond acceptors (Lipinski definition) is 1. The quantitative estimate of drug-likeness (QED) is 0.607. The fraction of sp³-hybridized carbons (Fsp3) is 1.00. The summed E-state index contributed by atoms with van der Waals surface area (Å²) in [4.78, 5) is 0. The molecule has 0 bridgehead atoms. The van der Waals surface area contributed by atoms with E-state index in [0.29, 0.717) is 0 Å². The Hall–Kier alpha value is 0.350. The second kappa shape index (κ2) is 5.06. The molecule has 62 valence electrons. The summed E-state index contributed by atoms with van der Waals surface area (Å²) >= 11 is 1.97. The van der Waals surface area contributed by atoms with Gasteiger partial charge in [-0.3, -0.25) is 0 Å². The van der Waals surface area contributed by atoms with Gasteiger partial charge in [-0.2, -0.15) is 11.8 Å². The van der Waals surface area contributed by atoms with Crippen molar-refractivity contribution in [3.63, 3.8) is 0 Å². The molecule has 0 radical (unpaired) electrons. The topological polar surface area (TPSA) is 0 Å². The van der Waals surface area contributed by atoms with E-state index in [2.05, 4.69) is 34.0 Å². The van der Waals surface area contributed by atoms with Crippen LogP contribution in [0.1, 0.15) is 34.1 Å². The van der Waals surface area contributed by atoms with E-state index in [1.54, 1.807) is 0 Å². The van der Waals surface area contributed by atoms with Crippen molar-refractivity contribution in [2.45, 2.75) is 39.4 Å². The van der Waals surface area contributed by atoms with Crippen LogP contribution in [0.15, 0.2) is 0 Å². The third-order valence-corrected chi connectivity index (χ3v) is 3.22. The van der Waals surface area contributed by atoms with Gasteiger partial charge in [0, 0.05) is 5.25 Å². The van der Waals surface area contributed by atoms with Crippen LogP contribution < -0.4 is 0 Å². The number of hydrogen-bond donors (Lipinski definition) is 0. The van der Waals surface area contributed by atoms with Crippen LogP contribution in [-0.2, 0) is 0 Å². The number of rotatable bonds is 4. The van der Waals surface area contributed by atoms with Gasteiger partial charge in [-0.05, 0) is 24.5 Å². The summed E-state index contributed by atoms with van der Waals surface area (Å²) in [5.41, 5.74) is 0. The smallest absolute Gasteiger partial charge is 0.00416 e. The second-order valence-electron chi connectivity index (χ2n) is 3.55. The van der Waals surface area contributed by atoms with E-state index in [0.717, 1.165) is 17.1 Å². The van der Waals surface area contributed by atoms with Gasteiger partial charge in [-0.1, -0.05) is 27.7 Å². The van der Waals surface area contributed by atoms with Gasteiger partial charge in [0.2, 0.25) is 0 Å². The van der Waals surface area contributed by atoms with Crippen LogP contribution in [-0.4, -0.2) is 11.5 Å². The first-order valence-corrected chi connectivity index (χ1v) is 5.39. The Labute approximate surface area is 69.8 Å². The zero-order valence-corrected chi connectivity index (χ0v) is 8.66. The SMILES string of the molecule is CSC(C)C(C)CC(C)C. The van der Waals surface area contributed by atoms with Crippen molar-refractivity contribution in [2.75, 3.05) is 6.26 Å². The first-order chi connectivity index (χ1) is 4.57. The fourth-order valence-corrected chi connectivity index (χ4v) is 1.74. The van der Waals surface area contributed by atoms with E-state index in [1.807, 2.05) is 11.8 Å². The maximum absolute atomic E-state index is 2.35. The Bertz CT molecular complexity index is 78.8. The Balaban J connectivity index is 3.50. The van der Waals surface area contributed by atoms with Crippen molar-refractivity contribution >= 4 is 11.8 Å². The minimum Gasteiger partial charge on any atom is -0.162 e. The third-order valence-electron chi connectivity index (χ3n) is 2.02. The van der Waals surface area contributed by atoms with Crippen LogP contribution in [0.2, 0.25) is 0 Å². The van der Waals surface area contributed by atoms with E-state index < -0.39 is 0 Å². The van der Waals surface area contributed by atoms with Crippen molar-refractivity contribution in [2.24, 2.45) is 11.8 Å². The van der Waals surface area contributed by atoms with Gasteiger partial charge in [0.25, 0.3) is 0 Å². The van der Waals surface area contributed by atoms with E-state index in [1.165, 1.54) is 6.42 Å². The monoisotopic (exact) mass is 160 g/mol. The van der Waals surface area contributed by atoms with Crippen molar-refractivity contribution in [3.05, 3.63) is 0 Å². The highest BCUT2D eigenvalue weighted by molar-refractivity contribution is 7.99. The summed E-state index contributed by atoms with van der Waals surface area (Å²) in [6, 6.07) is 0. The molecule has 0 fully saturated rings. The minimum atomic E-state index is 0.822. The van der Waals surface area contributed by atoms with Gasteiger partial charge in [-0.25, -0.2) is 0 Å². The van der Waals surface area contributed by atoms with Gasteiger partial charge < -0.3 is 0 Å². The Kier molecular flexibility index (Phi) is 5.24. The standard InChI is InChI=1S/C9H20S/c1-7(2)6-8(3)9(4)10-5/h7-9H,6H2,1-5H3. The molecule has 10 heavy (non-hydrogen) atoms. The Morgan fingerprint density at radius 1 is 1.10 bits per heavy atom. The molecule has 0 heterocycles. The largest absolute Gasteiger partial charge is 0.162 e. The first kappa shape index (κ1) is 10.3. The predicted molar refractivity (Wildman–Crippen MR) is 51.6 cm³/mol. The molecule has 2 atom stereocenters. The molecule has 0 amide bonds. The van der Waals surface area contributed by atoms with E-state index in [9.17, 15) is 0 Å². The number of thioether (sulfide) groups is 1. The normalized spacial score (nSPS) is 17.4. The van der Waals surface area contributed by atoms with Gasteiger partial charge in [0.1, 0.15) is 0 Å². The lowest BCUT2D eigenvalue weighted by Gasteiger charge is -2.19. The molecule has 2 unspecified atom stereocenters. The van der Waals surface area contributed by atoms with Crippen molar-refractivity contribution in [1.82, 2.24) is 0 Å². The Morgan fingerprint density at radius 3 is 1.90 bits per heavy atom. The molecule has 0 saturated carbocycles. The molecule has 0 nitrogen and oxygen atoms in total. The summed E-state index contributed by atoms with van der Waals surface area (Å²) in [6.07, 6.45) is 3.56. The molecule has 0 rings (SSSR count). The molecule has 0 aromatic rings. The van der Waals surface area contributed by atoms with Gasteiger partial charge >= 0.3 is 0 Å². The zero-order valence-electron chi connectivity index (χ0n) is 7.85. The maximum Gasteiger partial charge on any atom is 0.00416 e. The molecule has 0 aliphatic carbocycles. The molecule has 1 heteroatoms. The van der Waals surface area contributed by atoms with Crippen LogP contribution in [0.3, 0.4) is 0 Å². The highest BCUT2D eigenvalue weighted by atomic mass is 32.2. The summed E-state index contributed by atoms with van der Waals surface area (Å²) in [7, 11) is 0. The molecule has 0 aromatic carbocycles. The van der Waals surface area contributed by atoms with E-state index >= 15 is 0 Å². The molecule has 0 N–H and O–H groups in total. The molecule has 0 spiro atoms. The van der Waals surface area contributed by atoms with Crippen LogP contribution in [0, 0.1) is 11.8 Å². The molecular weight excluding hydrogens is 140 g/mol. The van der Waals surface area contributed by atoms with E-state index in [4.69, 9.17) is 0 Å². The average molecular weight is 160 g/mol. The van der Waals surface area contributed by atoms with Crippen molar-refractivity contribution in [3.8, 4) is 0 Å². The molecular formula is C9H20S. The van der Waals surface area contributed by atoms with Crippen LogP contribution in [0.25, 0.3) is 0 Å². The molecule has 0 aliphatic heterocycles. The summed E-state index contributed by atoms with van der Waals surface area (Å²) in [5, 5.41) is 0.822. The predicted octanol–water partition coefficient (Wildman–Crippen LogP) is 3.42. The second-order valence-corrected chi connectivity index (χ2v) is 4.76. The zero-order chi connectivity index (χ0) is 8.15. The highest BCUT2D eigenvalue weighted by Gasteiger charge is 2.11. The Morgan fingerprint density at radius 2 is 1.60 bits per heavy atom. The first-order valence-electron chi connectivity index (χ1n) is 4.10. The lowest BCUT2D eigenvalue weighted by molar-refractivity contribution is 0.437. The van der Waals surface area contributed by atoms with Gasteiger partial charge in [-0.15, -0.1) is 0 Å². The average Bonchev–Trinajstić information content (AvgIpc) is 1.85. The fourth-order valence-electron chi connectivity index (χ4n) is 1.17. The third kappa shape index (κ3) is 4.21. The summed E-state index contributed by atoms with van der Waals surface area (Å²) in [5.74, 6) is 1.72. The minimum absolute atomic E-state index is 0.822. The van der Waals surface area contributed by atoms with Gasteiger partial charge in [0.05, 0.1) is 0 Å². The highest BCUT2D eigenvalue weighted by Crippen LogP contribution is 2.22.